The van der Waals surface area contributed by atoms with Crippen LogP contribution in [-0.2, 0) is 4.79 Å². The number of carbonyl (C=O) groups is 2. The first-order valence-electron chi connectivity index (χ1n) is 10.7. The van der Waals surface area contributed by atoms with Gasteiger partial charge in [0, 0.05) is 17.2 Å². The fourth-order valence-electron chi connectivity index (χ4n) is 4.11. The number of thiazole rings is 1. The molecule has 3 aromatic carbocycles. The number of aromatic nitrogens is 1. The lowest BCUT2D eigenvalue weighted by Crippen LogP contribution is -2.38. The number of nitrogens with one attached hydrogen (secondary N) is 1. The van der Waals surface area contributed by atoms with Crippen LogP contribution in [0.4, 0.5) is 10.8 Å². The zero-order valence-corrected chi connectivity index (χ0v) is 18.8. The molecule has 0 saturated heterocycles. The number of anilines is 2. The number of ether oxygens (including phenoxy) is 1. The molecular weight excluding hydrogens is 436 g/mol. The third-order valence-corrected chi connectivity index (χ3v) is 7.10. The Hall–Kier alpha value is -3.71. The van der Waals surface area contributed by atoms with Crippen LogP contribution in [-0.4, -0.2) is 29.0 Å². The lowest BCUT2D eigenvalue weighted by Gasteiger charge is -2.31. The molecule has 2 N–H and O–H groups in total. The van der Waals surface area contributed by atoms with E-state index in [1.807, 2.05) is 54.6 Å². The molecule has 4 aromatic rings. The van der Waals surface area contributed by atoms with Crippen LogP contribution in [0, 0.1) is 11.8 Å². The fraction of sp³-hybridized carbons (Fsp3) is 0.192. The van der Waals surface area contributed by atoms with E-state index in [4.69, 9.17) is 4.74 Å². The van der Waals surface area contributed by atoms with Crippen LogP contribution < -0.4 is 10.1 Å². The Morgan fingerprint density at radius 3 is 2.24 bits per heavy atom. The number of rotatable bonds is 7. The quantitative estimate of drug-likeness (QED) is 0.330. The van der Waals surface area contributed by atoms with Gasteiger partial charge in [-0.1, -0.05) is 47.7 Å². The van der Waals surface area contributed by atoms with E-state index < -0.39 is 17.8 Å². The maximum absolute atomic E-state index is 12.6. The number of nitrogens with zero attached hydrogens (tertiary/aromatic N) is 1. The fourth-order valence-corrected chi connectivity index (χ4v) is 5.02. The number of methoxy groups -OCH3 is 1. The van der Waals surface area contributed by atoms with Gasteiger partial charge in [0.25, 0.3) is 0 Å². The molecule has 1 saturated carbocycles. The Kier molecular flexibility index (Phi) is 5.56. The number of ketones is 1. The lowest BCUT2D eigenvalue weighted by molar-refractivity contribution is -0.146. The summed E-state index contributed by atoms with van der Waals surface area (Å²) in [5.74, 6) is -1.09. The summed E-state index contributed by atoms with van der Waals surface area (Å²) >= 11 is 1.57. The van der Waals surface area contributed by atoms with Crippen LogP contribution >= 0.6 is 11.3 Å². The molecule has 1 aliphatic rings. The normalized spacial score (nSPS) is 17.4. The Morgan fingerprint density at radius 1 is 0.970 bits per heavy atom. The number of fused-ring (bicyclic) bond motifs is 1. The van der Waals surface area contributed by atoms with Gasteiger partial charge in [-0.15, -0.1) is 0 Å². The zero-order valence-electron chi connectivity index (χ0n) is 17.9. The van der Waals surface area contributed by atoms with Gasteiger partial charge in [0.05, 0.1) is 23.2 Å². The van der Waals surface area contributed by atoms with Crippen molar-refractivity contribution in [3.05, 3.63) is 72.3 Å². The average molecular weight is 459 g/mol. The first kappa shape index (κ1) is 21.2. The Morgan fingerprint density at radius 2 is 1.64 bits per heavy atom. The maximum atomic E-state index is 12.6. The summed E-state index contributed by atoms with van der Waals surface area (Å²) in [6, 6.07) is 21.2. The third-order valence-electron chi connectivity index (χ3n) is 6.16. The van der Waals surface area contributed by atoms with Gasteiger partial charge < -0.3 is 15.2 Å². The van der Waals surface area contributed by atoms with E-state index in [1.165, 1.54) is 0 Å². The standard InChI is InChI=1S/C26H22N2O4S/c1-32-19-10-13-22-23(14-19)33-26(28-22)27-18-8-6-16(7-9-18)15-2-4-17(5-3-15)24(29)20-11-12-21(20)25(30)31/h2-10,13-14,20-21H,11-12H2,1H3,(H,27,28)(H,30,31). The molecule has 1 aliphatic carbocycles. The molecule has 6 nitrogen and oxygen atoms in total. The Balaban J connectivity index is 1.27. The van der Waals surface area contributed by atoms with Crippen LogP contribution in [0.25, 0.3) is 21.3 Å². The molecule has 166 valence electrons. The van der Waals surface area contributed by atoms with E-state index in [9.17, 15) is 14.7 Å². The number of carboxylic acid groups (broad SMARTS) is 1. The molecule has 2 unspecified atom stereocenters. The summed E-state index contributed by atoms with van der Waals surface area (Å²) < 4.78 is 6.33. The van der Waals surface area contributed by atoms with Crippen molar-refractivity contribution in [1.82, 2.24) is 4.98 Å². The second-order valence-electron chi connectivity index (χ2n) is 8.13. The first-order valence-corrected chi connectivity index (χ1v) is 11.5. The number of benzene rings is 3. The Bertz CT molecular complexity index is 1330. The van der Waals surface area contributed by atoms with Crippen molar-refractivity contribution in [2.24, 2.45) is 11.8 Å². The predicted octanol–water partition coefficient (Wildman–Crippen LogP) is 6.01. The number of Topliss-reactive ketones (excluding diaryl/α,β-unsaturated/α-hetero) is 1. The number of carbonyl (C=O) groups excluding carboxylic acids is 1. The Labute approximate surface area is 194 Å². The van der Waals surface area contributed by atoms with Gasteiger partial charge in [-0.25, -0.2) is 4.98 Å². The van der Waals surface area contributed by atoms with Crippen molar-refractivity contribution >= 4 is 44.1 Å². The summed E-state index contributed by atoms with van der Waals surface area (Å²) in [5.41, 5.74) is 4.45. The molecule has 0 amide bonds. The molecule has 0 spiro atoms. The highest BCUT2D eigenvalue weighted by Crippen LogP contribution is 2.37. The largest absolute Gasteiger partial charge is 0.497 e. The lowest BCUT2D eigenvalue weighted by atomic mass is 9.70. The molecular formula is C26H22N2O4S. The predicted molar refractivity (Wildman–Crippen MR) is 130 cm³/mol. The van der Waals surface area contributed by atoms with Crippen molar-refractivity contribution in [2.45, 2.75) is 12.8 Å². The van der Waals surface area contributed by atoms with E-state index >= 15 is 0 Å². The van der Waals surface area contributed by atoms with Crippen molar-refractivity contribution in [1.29, 1.82) is 0 Å². The first-order chi connectivity index (χ1) is 16.0. The van der Waals surface area contributed by atoms with Gasteiger partial charge in [-0.2, -0.15) is 0 Å². The van der Waals surface area contributed by atoms with Crippen molar-refractivity contribution < 1.29 is 19.4 Å². The molecule has 5 rings (SSSR count). The van der Waals surface area contributed by atoms with Gasteiger partial charge in [0.1, 0.15) is 5.75 Å². The molecule has 1 heterocycles. The van der Waals surface area contributed by atoms with E-state index in [0.29, 0.717) is 18.4 Å². The maximum Gasteiger partial charge on any atom is 0.307 e. The second kappa shape index (κ2) is 8.67. The van der Waals surface area contributed by atoms with E-state index in [2.05, 4.69) is 10.3 Å². The smallest absolute Gasteiger partial charge is 0.307 e. The summed E-state index contributed by atoms with van der Waals surface area (Å²) in [4.78, 5) is 28.5. The molecule has 1 aromatic heterocycles. The van der Waals surface area contributed by atoms with Crippen molar-refractivity contribution in [3.63, 3.8) is 0 Å². The van der Waals surface area contributed by atoms with Crippen LogP contribution in [0.15, 0.2) is 66.7 Å². The van der Waals surface area contributed by atoms with Gasteiger partial charge in [-0.05, 0) is 54.3 Å². The van der Waals surface area contributed by atoms with Crippen LogP contribution in [0.2, 0.25) is 0 Å². The van der Waals surface area contributed by atoms with Gasteiger partial charge in [-0.3, -0.25) is 9.59 Å². The highest BCUT2D eigenvalue weighted by molar-refractivity contribution is 7.22. The molecule has 0 radical (unpaired) electrons. The second-order valence-corrected chi connectivity index (χ2v) is 9.16. The number of aliphatic carboxylic acids is 1. The highest BCUT2D eigenvalue weighted by atomic mass is 32.1. The minimum absolute atomic E-state index is 0.0757. The minimum Gasteiger partial charge on any atom is -0.497 e. The van der Waals surface area contributed by atoms with Crippen LogP contribution in [0.5, 0.6) is 5.75 Å². The molecule has 0 bridgehead atoms. The highest BCUT2D eigenvalue weighted by Gasteiger charge is 2.41. The number of hydrogen-bond donors (Lipinski definition) is 2. The van der Waals surface area contributed by atoms with E-state index in [-0.39, 0.29) is 5.78 Å². The van der Waals surface area contributed by atoms with Crippen molar-refractivity contribution in [2.75, 3.05) is 12.4 Å². The van der Waals surface area contributed by atoms with Crippen molar-refractivity contribution in [3.8, 4) is 16.9 Å². The summed E-state index contributed by atoms with van der Waals surface area (Å²) in [6.07, 6.45) is 1.23. The minimum atomic E-state index is -0.879. The number of hydrogen-bond acceptors (Lipinski definition) is 6. The molecule has 2 atom stereocenters. The monoisotopic (exact) mass is 458 g/mol. The van der Waals surface area contributed by atoms with Crippen LogP contribution in [0.3, 0.4) is 0 Å². The zero-order chi connectivity index (χ0) is 22.9. The average Bonchev–Trinajstić information content (AvgIpc) is 3.20. The van der Waals surface area contributed by atoms with Crippen LogP contribution in [0.1, 0.15) is 23.2 Å². The van der Waals surface area contributed by atoms with E-state index in [1.54, 1.807) is 30.6 Å². The molecule has 1 fully saturated rings. The topological polar surface area (TPSA) is 88.5 Å². The molecule has 7 heteroatoms. The van der Waals surface area contributed by atoms with Gasteiger partial charge >= 0.3 is 5.97 Å². The summed E-state index contributed by atoms with van der Waals surface area (Å²) in [7, 11) is 1.65. The number of carboxylic acids is 1. The van der Waals surface area contributed by atoms with Gasteiger partial charge in [0.15, 0.2) is 10.9 Å². The van der Waals surface area contributed by atoms with Gasteiger partial charge in [0.2, 0.25) is 0 Å². The van der Waals surface area contributed by atoms with E-state index in [0.717, 1.165) is 37.9 Å². The third kappa shape index (κ3) is 4.19. The summed E-state index contributed by atoms with van der Waals surface area (Å²) in [6.45, 7) is 0. The SMILES string of the molecule is COc1ccc2nc(Nc3ccc(-c4ccc(C(=O)C5CCC5C(=O)O)cc4)cc3)sc2c1. The molecule has 33 heavy (non-hydrogen) atoms. The molecule has 0 aliphatic heterocycles. The summed E-state index contributed by atoms with van der Waals surface area (Å²) in [5, 5.41) is 13.4.